The summed E-state index contributed by atoms with van der Waals surface area (Å²) in [6, 6.07) is 8.79. The number of hydrogen-bond donors (Lipinski definition) is 0. The number of benzene rings is 1. The highest BCUT2D eigenvalue weighted by molar-refractivity contribution is 5.35. The van der Waals surface area contributed by atoms with E-state index in [2.05, 4.69) is 45.9 Å². The summed E-state index contributed by atoms with van der Waals surface area (Å²) in [5.41, 5.74) is 3.48. The van der Waals surface area contributed by atoms with E-state index in [1.54, 1.807) is 0 Å². The highest BCUT2D eigenvalue weighted by Crippen LogP contribution is 2.45. The third kappa shape index (κ3) is 2.88. The Hall–Kier alpha value is -2.43. The van der Waals surface area contributed by atoms with Crippen LogP contribution in [0.1, 0.15) is 60.0 Å². The van der Waals surface area contributed by atoms with E-state index in [9.17, 15) is 0 Å². The van der Waals surface area contributed by atoms with Gasteiger partial charge in [0.25, 0.3) is 0 Å². The minimum atomic E-state index is -0.102. The van der Waals surface area contributed by atoms with Crippen LogP contribution in [0.3, 0.4) is 0 Å². The molecule has 0 saturated heterocycles. The molecule has 3 aromatic rings. The average molecular weight is 336 g/mol. The lowest BCUT2D eigenvalue weighted by molar-refractivity contribution is 0.353. The second-order valence-corrected chi connectivity index (χ2v) is 7.22. The molecule has 0 amide bonds. The van der Waals surface area contributed by atoms with Crippen LogP contribution in [0.25, 0.3) is 0 Å². The Labute approximate surface area is 148 Å². The fourth-order valence-electron chi connectivity index (χ4n) is 3.98. The Morgan fingerprint density at radius 3 is 2.40 bits per heavy atom. The van der Waals surface area contributed by atoms with Gasteiger partial charge in [0.1, 0.15) is 12.4 Å². The molecule has 5 nitrogen and oxygen atoms in total. The van der Waals surface area contributed by atoms with Gasteiger partial charge in [-0.1, -0.05) is 47.8 Å². The molecule has 1 fully saturated rings. The van der Waals surface area contributed by atoms with Crippen LogP contribution < -0.4 is 0 Å². The molecule has 25 heavy (non-hydrogen) atoms. The molecule has 1 aromatic carbocycles. The first-order chi connectivity index (χ1) is 12.1. The van der Waals surface area contributed by atoms with Crippen molar-refractivity contribution in [2.75, 3.05) is 0 Å². The molecule has 1 aliphatic rings. The molecule has 0 radical (unpaired) electrons. The summed E-state index contributed by atoms with van der Waals surface area (Å²) in [5, 5.41) is 4.38. The maximum atomic E-state index is 5.61. The predicted octanol–water partition coefficient (Wildman–Crippen LogP) is 4.10. The molecule has 4 rings (SSSR count). The number of hydrogen-bond acceptors (Lipinski definition) is 4. The number of nitrogens with zero attached hydrogens (tertiary/aromatic N) is 4. The van der Waals surface area contributed by atoms with Gasteiger partial charge in [-0.2, -0.15) is 4.98 Å². The smallest absolute Gasteiger partial charge is 0.246 e. The van der Waals surface area contributed by atoms with Gasteiger partial charge in [0, 0.05) is 6.20 Å². The zero-order valence-corrected chi connectivity index (χ0v) is 15.1. The molecule has 1 saturated carbocycles. The van der Waals surface area contributed by atoms with Crippen molar-refractivity contribution < 1.29 is 4.52 Å². The number of aryl methyl sites for hydroxylation is 3. The molecule has 0 atom stereocenters. The Kier molecular flexibility index (Phi) is 3.94. The molecule has 0 spiro atoms. The van der Waals surface area contributed by atoms with Crippen molar-refractivity contribution >= 4 is 0 Å². The van der Waals surface area contributed by atoms with Crippen LogP contribution in [0.2, 0.25) is 0 Å². The summed E-state index contributed by atoms with van der Waals surface area (Å²) < 4.78 is 7.66. The van der Waals surface area contributed by atoms with Gasteiger partial charge >= 0.3 is 0 Å². The van der Waals surface area contributed by atoms with Crippen molar-refractivity contribution in [3.05, 3.63) is 64.8 Å². The van der Waals surface area contributed by atoms with Crippen molar-refractivity contribution in [2.24, 2.45) is 0 Å². The quantitative estimate of drug-likeness (QED) is 0.720. The van der Waals surface area contributed by atoms with E-state index >= 15 is 0 Å². The molecule has 2 aromatic heterocycles. The molecule has 1 aliphatic carbocycles. The van der Waals surface area contributed by atoms with Gasteiger partial charge in [-0.25, -0.2) is 4.98 Å². The fourth-order valence-corrected chi connectivity index (χ4v) is 3.98. The van der Waals surface area contributed by atoms with Gasteiger partial charge in [0.05, 0.1) is 11.1 Å². The highest BCUT2D eigenvalue weighted by Gasteiger charge is 2.41. The van der Waals surface area contributed by atoms with E-state index in [1.807, 2.05) is 20.0 Å². The van der Waals surface area contributed by atoms with Crippen LogP contribution >= 0.6 is 0 Å². The van der Waals surface area contributed by atoms with E-state index in [1.165, 1.54) is 24.0 Å². The van der Waals surface area contributed by atoms with E-state index in [-0.39, 0.29) is 5.41 Å². The zero-order chi connectivity index (χ0) is 17.4. The summed E-state index contributed by atoms with van der Waals surface area (Å²) in [5.74, 6) is 2.44. The van der Waals surface area contributed by atoms with E-state index in [0.29, 0.717) is 12.4 Å². The lowest BCUT2D eigenvalue weighted by Crippen LogP contribution is -2.25. The van der Waals surface area contributed by atoms with Gasteiger partial charge < -0.3 is 9.09 Å². The number of rotatable bonds is 4. The van der Waals surface area contributed by atoms with Crippen molar-refractivity contribution in [3.8, 4) is 0 Å². The van der Waals surface area contributed by atoms with Gasteiger partial charge in [-0.3, -0.25) is 0 Å². The molecule has 0 bridgehead atoms. The third-order valence-corrected chi connectivity index (χ3v) is 5.36. The first-order valence-electron chi connectivity index (χ1n) is 8.97. The summed E-state index contributed by atoms with van der Waals surface area (Å²) in [6.45, 7) is 6.68. The second-order valence-electron chi connectivity index (χ2n) is 7.22. The Morgan fingerprint density at radius 2 is 1.76 bits per heavy atom. The largest absolute Gasteiger partial charge is 0.337 e. The van der Waals surface area contributed by atoms with E-state index in [4.69, 9.17) is 9.51 Å². The molecule has 0 aliphatic heterocycles. The lowest BCUT2D eigenvalue weighted by atomic mass is 9.78. The number of aromatic nitrogens is 4. The molecule has 2 heterocycles. The second kappa shape index (κ2) is 6.14. The van der Waals surface area contributed by atoms with Crippen molar-refractivity contribution in [3.63, 3.8) is 0 Å². The minimum Gasteiger partial charge on any atom is -0.337 e. The third-order valence-electron chi connectivity index (χ3n) is 5.36. The molecular weight excluding hydrogens is 312 g/mol. The van der Waals surface area contributed by atoms with Crippen LogP contribution in [0.4, 0.5) is 0 Å². The normalized spacial score (nSPS) is 16.4. The monoisotopic (exact) mass is 336 g/mol. The van der Waals surface area contributed by atoms with Crippen molar-refractivity contribution in [1.29, 1.82) is 0 Å². The Morgan fingerprint density at radius 1 is 1.04 bits per heavy atom. The molecule has 130 valence electrons. The Balaban J connectivity index is 1.66. The van der Waals surface area contributed by atoms with Crippen LogP contribution in [-0.2, 0) is 12.0 Å². The Bertz CT molecular complexity index is 869. The predicted molar refractivity (Wildman–Crippen MR) is 95.5 cm³/mol. The number of imidazole rings is 1. The minimum absolute atomic E-state index is 0.102. The maximum Gasteiger partial charge on any atom is 0.246 e. The van der Waals surface area contributed by atoms with Gasteiger partial charge in [-0.15, -0.1) is 0 Å². The van der Waals surface area contributed by atoms with Crippen LogP contribution in [0.5, 0.6) is 0 Å². The van der Waals surface area contributed by atoms with Crippen LogP contribution in [0.15, 0.2) is 35.0 Å². The van der Waals surface area contributed by atoms with Crippen LogP contribution in [-0.4, -0.2) is 19.7 Å². The fraction of sp³-hybridized carbons (Fsp3) is 0.450. The van der Waals surface area contributed by atoms with Gasteiger partial charge in [0.2, 0.25) is 5.89 Å². The summed E-state index contributed by atoms with van der Waals surface area (Å²) in [7, 11) is 0. The summed E-state index contributed by atoms with van der Waals surface area (Å²) in [4.78, 5) is 9.22. The summed E-state index contributed by atoms with van der Waals surface area (Å²) in [6.07, 6.45) is 6.59. The highest BCUT2D eigenvalue weighted by atomic mass is 16.5. The summed E-state index contributed by atoms with van der Waals surface area (Å²) >= 11 is 0. The van der Waals surface area contributed by atoms with Crippen LogP contribution in [0, 0.1) is 20.8 Å². The SMILES string of the molecule is Cc1ccc(C2(c3noc(Cn4cc(C)nc4C)n3)CCCC2)cc1. The first-order valence-corrected chi connectivity index (χ1v) is 8.97. The average Bonchev–Trinajstić information content (AvgIpc) is 3.30. The molecule has 0 N–H and O–H groups in total. The molecule has 0 unspecified atom stereocenters. The van der Waals surface area contributed by atoms with E-state index < -0.39 is 0 Å². The standard InChI is InChI=1S/C20H24N4O/c1-14-6-8-17(9-7-14)20(10-4-5-11-20)19-22-18(25-23-19)13-24-12-15(2)21-16(24)3/h6-9,12H,4-5,10-11,13H2,1-3H3. The van der Waals surface area contributed by atoms with Gasteiger partial charge in [0.15, 0.2) is 5.82 Å². The van der Waals surface area contributed by atoms with E-state index in [0.717, 1.165) is 30.2 Å². The topological polar surface area (TPSA) is 56.7 Å². The van der Waals surface area contributed by atoms with Crippen molar-refractivity contribution in [2.45, 2.75) is 58.4 Å². The molecule has 5 heteroatoms. The zero-order valence-electron chi connectivity index (χ0n) is 15.1. The lowest BCUT2D eigenvalue weighted by Gasteiger charge is -2.25. The molecular formula is C20H24N4O. The van der Waals surface area contributed by atoms with Crippen molar-refractivity contribution in [1.82, 2.24) is 19.7 Å². The first kappa shape index (κ1) is 16.1. The van der Waals surface area contributed by atoms with Gasteiger partial charge in [-0.05, 0) is 39.2 Å². The maximum absolute atomic E-state index is 5.61.